The van der Waals surface area contributed by atoms with Crippen LogP contribution in [0.3, 0.4) is 0 Å². The van der Waals surface area contributed by atoms with E-state index in [4.69, 9.17) is 9.47 Å². The number of nitrogens with zero attached hydrogens (tertiary/aromatic N) is 1. The van der Waals surface area contributed by atoms with Crippen molar-refractivity contribution in [3.05, 3.63) is 65.0 Å². The normalized spacial score (nSPS) is 18.8. The van der Waals surface area contributed by atoms with Gasteiger partial charge in [0.25, 0.3) is 0 Å². The van der Waals surface area contributed by atoms with Crippen LogP contribution in [0.15, 0.2) is 47.5 Å². The third-order valence-electron chi connectivity index (χ3n) is 5.36. The molecule has 7 heteroatoms. The molecule has 31 heavy (non-hydrogen) atoms. The molecular formula is C24H33FIN3O2. The first-order valence-electron chi connectivity index (χ1n) is 10.6. The molecule has 0 radical (unpaired) electrons. The Morgan fingerprint density at radius 1 is 1.19 bits per heavy atom. The van der Waals surface area contributed by atoms with Crippen LogP contribution in [0.4, 0.5) is 4.39 Å². The second-order valence-electron chi connectivity index (χ2n) is 7.61. The molecule has 1 fully saturated rings. The molecule has 2 N–H and O–H groups in total. The van der Waals surface area contributed by atoms with Crippen molar-refractivity contribution >= 4 is 29.9 Å². The molecule has 170 valence electrons. The summed E-state index contributed by atoms with van der Waals surface area (Å²) in [6.45, 7) is 6.41. The fourth-order valence-electron chi connectivity index (χ4n) is 3.74. The highest BCUT2D eigenvalue weighted by Crippen LogP contribution is 2.33. The van der Waals surface area contributed by atoms with Crippen LogP contribution in [-0.4, -0.2) is 32.8 Å². The number of benzene rings is 2. The number of hydrogen-bond acceptors (Lipinski definition) is 3. The Balaban J connectivity index is 0.00000341. The molecule has 2 aromatic rings. The lowest BCUT2D eigenvalue weighted by atomic mass is 9.89. The molecule has 1 saturated heterocycles. The Hall–Kier alpha value is -1.87. The van der Waals surface area contributed by atoms with E-state index >= 15 is 0 Å². The summed E-state index contributed by atoms with van der Waals surface area (Å²) in [7, 11) is 1.74. The van der Waals surface area contributed by atoms with Crippen molar-refractivity contribution in [3.63, 3.8) is 0 Å². The number of guanidine groups is 1. The van der Waals surface area contributed by atoms with Gasteiger partial charge >= 0.3 is 0 Å². The van der Waals surface area contributed by atoms with Crippen molar-refractivity contribution in [1.82, 2.24) is 10.6 Å². The van der Waals surface area contributed by atoms with Gasteiger partial charge in [-0.2, -0.15) is 0 Å². The summed E-state index contributed by atoms with van der Waals surface area (Å²) in [6.07, 6.45) is 2.25. The van der Waals surface area contributed by atoms with Gasteiger partial charge < -0.3 is 20.1 Å². The van der Waals surface area contributed by atoms with E-state index in [1.54, 1.807) is 13.1 Å². The SMILES string of the molecule is CCOc1ccc(CNC(=NC)NCC2CCCOC2c2ccc(C)cc2)cc1F.I. The topological polar surface area (TPSA) is 54.9 Å². The van der Waals surface area contributed by atoms with E-state index in [2.05, 4.69) is 46.8 Å². The Labute approximate surface area is 201 Å². The summed E-state index contributed by atoms with van der Waals surface area (Å²) in [5.74, 6) is 0.989. The molecule has 0 aromatic heterocycles. The zero-order valence-corrected chi connectivity index (χ0v) is 20.8. The zero-order chi connectivity index (χ0) is 21.3. The van der Waals surface area contributed by atoms with Gasteiger partial charge in [-0.05, 0) is 49.9 Å². The molecule has 0 aliphatic carbocycles. The van der Waals surface area contributed by atoms with Gasteiger partial charge in [-0.3, -0.25) is 4.99 Å². The maximum absolute atomic E-state index is 14.1. The maximum Gasteiger partial charge on any atom is 0.191 e. The van der Waals surface area contributed by atoms with E-state index in [1.165, 1.54) is 17.2 Å². The molecule has 0 spiro atoms. The summed E-state index contributed by atoms with van der Waals surface area (Å²) in [5.41, 5.74) is 3.30. The lowest BCUT2D eigenvalue weighted by Gasteiger charge is -2.32. The number of aryl methyl sites for hydroxylation is 1. The van der Waals surface area contributed by atoms with Gasteiger partial charge in [-0.1, -0.05) is 35.9 Å². The maximum atomic E-state index is 14.1. The minimum absolute atomic E-state index is 0. The summed E-state index contributed by atoms with van der Waals surface area (Å²) in [6, 6.07) is 13.6. The van der Waals surface area contributed by atoms with Gasteiger partial charge in [-0.25, -0.2) is 4.39 Å². The lowest BCUT2D eigenvalue weighted by Crippen LogP contribution is -2.41. The average Bonchev–Trinajstić information content (AvgIpc) is 2.76. The number of nitrogens with one attached hydrogen (secondary N) is 2. The molecule has 0 bridgehead atoms. The number of halogens is 2. The van der Waals surface area contributed by atoms with Crippen LogP contribution in [-0.2, 0) is 11.3 Å². The van der Waals surface area contributed by atoms with Crippen LogP contribution < -0.4 is 15.4 Å². The van der Waals surface area contributed by atoms with Crippen molar-refractivity contribution in [2.75, 3.05) is 26.8 Å². The monoisotopic (exact) mass is 541 g/mol. The second kappa shape index (κ2) is 12.9. The Morgan fingerprint density at radius 3 is 2.65 bits per heavy atom. The summed E-state index contributed by atoms with van der Waals surface area (Å²) >= 11 is 0. The van der Waals surface area contributed by atoms with Crippen LogP contribution >= 0.6 is 24.0 Å². The van der Waals surface area contributed by atoms with Gasteiger partial charge in [0.15, 0.2) is 17.5 Å². The smallest absolute Gasteiger partial charge is 0.191 e. The van der Waals surface area contributed by atoms with Crippen molar-refractivity contribution < 1.29 is 13.9 Å². The zero-order valence-electron chi connectivity index (χ0n) is 18.5. The fourth-order valence-corrected chi connectivity index (χ4v) is 3.74. The van der Waals surface area contributed by atoms with E-state index in [-0.39, 0.29) is 41.6 Å². The van der Waals surface area contributed by atoms with Crippen molar-refractivity contribution in [1.29, 1.82) is 0 Å². The molecule has 2 aromatic carbocycles. The second-order valence-corrected chi connectivity index (χ2v) is 7.61. The molecule has 1 heterocycles. The van der Waals surface area contributed by atoms with E-state index in [9.17, 15) is 4.39 Å². The largest absolute Gasteiger partial charge is 0.491 e. The van der Waals surface area contributed by atoms with Gasteiger partial charge in [0.2, 0.25) is 0 Å². The molecule has 3 rings (SSSR count). The van der Waals surface area contributed by atoms with Crippen molar-refractivity contribution in [2.45, 2.75) is 39.3 Å². The quantitative estimate of drug-likeness (QED) is 0.295. The first-order valence-corrected chi connectivity index (χ1v) is 10.6. The van der Waals surface area contributed by atoms with Crippen LogP contribution in [0.5, 0.6) is 5.75 Å². The summed E-state index contributed by atoms with van der Waals surface area (Å²) in [4.78, 5) is 4.30. The predicted molar refractivity (Wildman–Crippen MR) is 134 cm³/mol. The minimum Gasteiger partial charge on any atom is -0.491 e. The predicted octanol–water partition coefficient (Wildman–Crippen LogP) is 4.98. The highest BCUT2D eigenvalue weighted by atomic mass is 127. The Kier molecular flexibility index (Phi) is 10.5. The molecule has 1 aliphatic heterocycles. The standard InChI is InChI=1S/C24H32FN3O2.HI/c1-4-29-22-12-9-18(14-21(22)25)15-27-24(26-3)28-16-20-6-5-13-30-23(20)19-10-7-17(2)8-11-19;/h7-12,14,20,23H,4-6,13,15-16H2,1-3H3,(H2,26,27,28);1H. The van der Waals surface area contributed by atoms with Crippen LogP contribution in [0.1, 0.15) is 42.6 Å². The molecule has 0 saturated carbocycles. The number of ether oxygens (including phenoxy) is 2. The third kappa shape index (κ3) is 7.35. The van der Waals surface area contributed by atoms with Gasteiger partial charge in [0.05, 0.1) is 12.7 Å². The number of aliphatic imine (C=N–C) groups is 1. The highest BCUT2D eigenvalue weighted by molar-refractivity contribution is 14.0. The van der Waals surface area contributed by atoms with Gasteiger partial charge in [-0.15, -0.1) is 24.0 Å². The Bertz CT molecular complexity index is 845. The van der Waals surface area contributed by atoms with Crippen molar-refractivity contribution in [2.24, 2.45) is 10.9 Å². The minimum atomic E-state index is -0.348. The average molecular weight is 541 g/mol. The van der Waals surface area contributed by atoms with E-state index < -0.39 is 0 Å². The first kappa shape index (κ1) is 25.4. The summed E-state index contributed by atoms with van der Waals surface area (Å²) < 4.78 is 25.4. The van der Waals surface area contributed by atoms with E-state index in [0.29, 0.717) is 25.0 Å². The fraction of sp³-hybridized carbons (Fsp3) is 0.458. The lowest BCUT2D eigenvalue weighted by molar-refractivity contribution is -0.0265. The summed E-state index contributed by atoms with van der Waals surface area (Å²) in [5, 5.41) is 6.66. The molecule has 1 aliphatic rings. The molecule has 5 nitrogen and oxygen atoms in total. The molecular weight excluding hydrogens is 508 g/mol. The van der Waals surface area contributed by atoms with Gasteiger partial charge in [0.1, 0.15) is 0 Å². The first-order chi connectivity index (χ1) is 14.6. The molecule has 0 amide bonds. The van der Waals surface area contributed by atoms with Crippen LogP contribution in [0.2, 0.25) is 0 Å². The molecule has 2 unspecified atom stereocenters. The Morgan fingerprint density at radius 2 is 1.97 bits per heavy atom. The number of rotatable bonds is 7. The van der Waals surface area contributed by atoms with E-state index in [0.717, 1.165) is 31.6 Å². The van der Waals surface area contributed by atoms with Gasteiger partial charge in [0, 0.05) is 32.7 Å². The van der Waals surface area contributed by atoms with Crippen LogP contribution in [0, 0.1) is 18.7 Å². The molecule has 2 atom stereocenters. The van der Waals surface area contributed by atoms with E-state index in [1.807, 2.05) is 13.0 Å². The highest BCUT2D eigenvalue weighted by Gasteiger charge is 2.27. The van der Waals surface area contributed by atoms with Crippen LogP contribution in [0.25, 0.3) is 0 Å². The third-order valence-corrected chi connectivity index (χ3v) is 5.36. The number of hydrogen-bond donors (Lipinski definition) is 2. The van der Waals surface area contributed by atoms with Crippen molar-refractivity contribution in [3.8, 4) is 5.75 Å².